The Kier molecular flexibility index (Phi) is 6.26. The summed E-state index contributed by atoms with van der Waals surface area (Å²) in [6, 6.07) is 10.1. The predicted octanol–water partition coefficient (Wildman–Crippen LogP) is 4.40. The third-order valence-electron chi connectivity index (χ3n) is 6.11. The molecule has 3 aromatic rings. The van der Waals surface area contributed by atoms with Crippen molar-refractivity contribution in [3.05, 3.63) is 47.7 Å². The molecule has 32 heavy (non-hydrogen) atoms. The second-order valence-electron chi connectivity index (χ2n) is 8.61. The summed E-state index contributed by atoms with van der Waals surface area (Å²) in [5.74, 6) is -0.341. The van der Waals surface area contributed by atoms with Crippen molar-refractivity contribution in [1.29, 1.82) is 0 Å². The molecule has 2 aromatic heterocycles. The van der Waals surface area contributed by atoms with Gasteiger partial charge < -0.3 is 9.64 Å². The number of fused-ring (bicyclic) bond motifs is 1. The number of nitrogens with zero attached hydrogens (tertiary/aromatic N) is 4. The van der Waals surface area contributed by atoms with Gasteiger partial charge in [-0.15, -0.1) is 0 Å². The van der Waals surface area contributed by atoms with Gasteiger partial charge in [-0.2, -0.15) is 5.10 Å². The topological polar surface area (TPSA) is 77.3 Å². The Morgan fingerprint density at radius 3 is 2.56 bits per heavy atom. The summed E-state index contributed by atoms with van der Waals surface area (Å²) in [5.41, 5.74) is 4.19. The van der Waals surface area contributed by atoms with E-state index in [0.29, 0.717) is 43.7 Å². The number of amides is 1. The Morgan fingerprint density at radius 1 is 1.19 bits per heavy atom. The van der Waals surface area contributed by atoms with Gasteiger partial charge in [0, 0.05) is 24.7 Å². The molecule has 0 unspecified atom stereocenters. The summed E-state index contributed by atoms with van der Waals surface area (Å²) in [6.07, 6.45) is 2.98. The van der Waals surface area contributed by atoms with Gasteiger partial charge >= 0.3 is 5.97 Å². The molecule has 7 nitrogen and oxygen atoms in total. The van der Waals surface area contributed by atoms with Crippen LogP contribution in [0.4, 0.5) is 0 Å². The van der Waals surface area contributed by atoms with Gasteiger partial charge in [0.2, 0.25) is 0 Å². The number of carbonyl (C=O) groups excluding carboxylic acids is 2. The number of esters is 1. The second-order valence-corrected chi connectivity index (χ2v) is 8.61. The molecule has 7 heteroatoms. The maximum Gasteiger partial charge on any atom is 0.309 e. The van der Waals surface area contributed by atoms with Crippen LogP contribution in [0.25, 0.3) is 22.3 Å². The molecule has 0 atom stereocenters. The fourth-order valence-electron chi connectivity index (χ4n) is 4.32. The molecule has 0 aliphatic carbocycles. The lowest BCUT2D eigenvalue weighted by Crippen LogP contribution is -2.40. The lowest BCUT2D eigenvalue weighted by Gasteiger charge is -2.31. The molecule has 3 heterocycles. The van der Waals surface area contributed by atoms with E-state index in [1.165, 1.54) is 0 Å². The zero-order chi connectivity index (χ0) is 22.8. The number of carbonyl (C=O) groups is 2. The Bertz CT molecular complexity index is 1140. The van der Waals surface area contributed by atoms with Crippen molar-refractivity contribution < 1.29 is 14.3 Å². The van der Waals surface area contributed by atoms with Crippen LogP contribution in [0.5, 0.6) is 0 Å². The molecular formula is C25H30N4O3. The lowest BCUT2D eigenvalue weighted by atomic mass is 9.96. The van der Waals surface area contributed by atoms with E-state index in [0.717, 1.165) is 22.2 Å². The molecule has 0 saturated carbocycles. The van der Waals surface area contributed by atoms with Gasteiger partial charge in [-0.05, 0) is 52.2 Å². The molecule has 1 aliphatic heterocycles. The van der Waals surface area contributed by atoms with E-state index in [2.05, 4.69) is 18.9 Å². The summed E-state index contributed by atoms with van der Waals surface area (Å²) >= 11 is 0. The molecule has 4 rings (SSSR count). The summed E-state index contributed by atoms with van der Waals surface area (Å²) < 4.78 is 7.02. The molecule has 168 valence electrons. The third-order valence-corrected chi connectivity index (χ3v) is 6.11. The van der Waals surface area contributed by atoms with E-state index in [4.69, 9.17) is 9.72 Å². The standard InChI is InChI=1S/C25H30N4O3/c1-5-32-25(31)18-10-12-28(13-11-18)24(30)20-14-22(19-9-7-6-8-17(19)4)27-23-21(20)15-26-29(23)16(2)3/h6-9,14-16,18H,5,10-13H2,1-4H3. The minimum absolute atomic E-state index is 0.0437. The minimum atomic E-state index is -0.161. The Labute approximate surface area is 188 Å². The molecule has 1 amide bonds. The highest BCUT2D eigenvalue weighted by Gasteiger charge is 2.30. The summed E-state index contributed by atoms with van der Waals surface area (Å²) in [6.45, 7) is 9.41. The Morgan fingerprint density at radius 2 is 1.91 bits per heavy atom. The van der Waals surface area contributed by atoms with Crippen LogP contribution in [0, 0.1) is 12.8 Å². The van der Waals surface area contributed by atoms with E-state index < -0.39 is 0 Å². The summed E-state index contributed by atoms with van der Waals surface area (Å²) in [4.78, 5) is 32.4. The van der Waals surface area contributed by atoms with Crippen LogP contribution in [-0.2, 0) is 9.53 Å². The molecule has 1 fully saturated rings. The summed E-state index contributed by atoms with van der Waals surface area (Å²) in [7, 11) is 0. The average molecular weight is 435 g/mol. The SMILES string of the molecule is CCOC(=O)C1CCN(C(=O)c2cc(-c3ccccc3C)nc3c2cnn3C(C)C)CC1. The minimum Gasteiger partial charge on any atom is -0.466 e. The van der Waals surface area contributed by atoms with Crippen LogP contribution < -0.4 is 0 Å². The highest BCUT2D eigenvalue weighted by molar-refractivity contribution is 6.06. The van der Waals surface area contributed by atoms with Gasteiger partial charge in [0.15, 0.2) is 5.65 Å². The van der Waals surface area contributed by atoms with Crippen molar-refractivity contribution in [3.63, 3.8) is 0 Å². The number of benzene rings is 1. The van der Waals surface area contributed by atoms with Crippen LogP contribution in [0.2, 0.25) is 0 Å². The fourth-order valence-corrected chi connectivity index (χ4v) is 4.32. The van der Waals surface area contributed by atoms with Crippen molar-refractivity contribution >= 4 is 22.9 Å². The number of hydrogen-bond donors (Lipinski definition) is 0. The van der Waals surface area contributed by atoms with E-state index in [9.17, 15) is 9.59 Å². The van der Waals surface area contributed by atoms with Gasteiger partial charge in [-0.3, -0.25) is 9.59 Å². The van der Waals surface area contributed by atoms with E-state index in [1.54, 1.807) is 6.20 Å². The quantitative estimate of drug-likeness (QED) is 0.556. The first-order valence-corrected chi connectivity index (χ1v) is 11.3. The highest BCUT2D eigenvalue weighted by atomic mass is 16.5. The Hall–Kier alpha value is -3.22. The smallest absolute Gasteiger partial charge is 0.309 e. The first kappa shape index (κ1) is 22.0. The molecule has 0 spiro atoms. The number of piperidine rings is 1. The van der Waals surface area contributed by atoms with Crippen molar-refractivity contribution in [2.75, 3.05) is 19.7 Å². The maximum atomic E-state index is 13.6. The fraction of sp³-hybridized carbons (Fsp3) is 0.440. The first-order valence-electron chi connectivity index (χ1n) is 11.3. The lowest BCUT2D eigenvalue weighted by molar-refractivity contribution is -0.149. The number of likely N-dealkylation sites (tertiary alicyclic amines) is 1. The highest BCUT2D eigenvalue weighted by Crippen LogP contribution is 2.30. The van der Waals surface area contributed by atoms with Gasteiger partial charge in [0.1, 0.15) is 0 Å². The first-order chi connectivity index (χ1) is 15.4. The molecule has 0 radical (unpaired) electrons. The van der Waals surface area contributed by atoms with Gasteiger partial charge in [0.05, 0.1) is 35.4 Å². The van der Waals surface area contributed by atoms with Gasteiger partial charge in [-0.1, -0.05) is 24.3 Å². The normalized spacial score (nSPS) is 14.8. The summed E-state index contributed by atoms with van der Waals surface area (Å²) in [5, 5.41) is 5.28. The van der Waals surface area contributed by atoms with Crippen LogP contribution in [-0.4, -0.2) is 51.2 Å². The Balaban J connectivity index is 1.71. The number of ether oxygens (including phenoxy) is 1. The molecule has 1 saturated heterocycles. The van der Waals surface area contributed by atoms with E-state index >= 15 is 0 Å². The number of aromatic nitrogens is 3. The van der Waals surface area contributed by atoms with E-state index in [1.807, 2.05) is 53.8 Å². The van der Waals surface area contributed by atoms with Crippen LogP contribution in [0.15, 0.2) is 36.5 Å². The van der Waals surface area contributed by atoms with Gasteiger partial charge in [0.25, 0.3) is 5.91 Å². The zero-order valence-electron chi connectivity index (χ0n) is 19.2. The van der Waals surface area contributed by atoms with Crippen LogP contribution in [0.3, 0.4) is 0 Å². The van der Waals surface area contributed by atoms with Gasteiger partial charge in [-0.25, -0.2) is 9.67 Å². The number of hydrogen-bond acceptors (Lipinski definition) is 5. The monoisotopic (exact) mass is 434 g/mol. The van der Waals surface area contributed by atoms with Crippen molar-refractivity contribution in [2.45, 2.75) is 46.6 Å². The molecule has 0 bridgehead atoms. The zero-order valence-corrected chi connectivity index (χ0v) is 19.2. The molecular weight excluding hydrogens is 404 g/mol. The van der Waals surface area contributed by atoms with Crippen LogP contribution in [0.1, 0.15) is 55.6 Å². The van der Waals surface area contributed by atoms with Crippen molar-refractivity contribution in [3.8, 4) is 11.3 Å². The number of rotatable bonds is 5. The number of aryl methyl sites for hydroxylation is 1. The van der Waals surface area contributed by atoms with Crippen molar-refractivity contribution in [2.24, 2.45) is 5.92 Å². The molecule has 1 aromatic carbocycles. The largest absolute Gasteiger partial charge is 0.466 e. The molecule has 1 aliphatic rings. The maximum absolute atomic E-state index is 13.6. The van der Waals surface area contributed by atoms with Crippen LogP contribution >= 0.6 is 0 Å². The number of pyridine rings is 1. The second kappa shape index (κ2) is 9.10. The average Bonchev–Trinajstić information content (AvgIpc) is 3.23. The van der Waals surface area contributed by atoms with Crippen molar-refractivity contribution in [1.82, 2.24) is 19.7 Å². The van der Waals surface area contributed by atoms with E-state index in [-0.39, 0.29) is 23.8 Å². The predicted molar refractivity (Wildman–Crippen MR) is 123 cm³/mol. The third kappa shape index (κ3) is 4.11. The molecule has 0 N–H and O–H groups in total.